The van der Waals surface area contributed by atoms with Crippen LogP contribution in [-0.4, -0.2) is 14.9 Å². The fourth-order valence-electron chi connectivity index (χ4n) is 1.68. The topological polar surface area (TPSA) is 58.0 Å². The Hall–Kier alpha value is -2.23. The predicted octanol–water partition coefficient (Wildman–Crippen LogP) is 0.489. The smallest absolute Gasteiger partial charge is 0.282 e. The van der Waals surface area contributed by atoms with Crippen LogP contribution in [-0.2, 0) is 0 Å². The van der Waals surface area contributed by atoms with Gasteiger partial charge in [0.15, 0.2) is 0 Å². The molecular weight excluding hydrogens is 216 g/mol. The Morgan fingerprint density at radius 2 is 2.06 bits per heavy atom. The standard InChI is InChI=1S/C13H14N2O2/c1-8-4-5-11(6-9(8)2)15-13(17)12(7-16)10(3)14-15/h4-7,14,16H,3H2,1-2H3. The second kappa shape index (κ2) is 3.97. The first kappa shape index (κ1) is 11.3. The van der Waals surface area contributed by atoms with Crippen molar-refractivity contribution in [3.63, 3.8) is 0 Å². The largest absolute Gasteiger partial charge is 0.515 e. The molecule has 0 aliphatic carbocycles. The molecule has 1 aromatic carbocycles. The minimum Gasteiger partial charge on any atom is -0.515 e. The number of rotatable bonds is 1. The monoisotopic (exact) mass is 230 g/mol. The number of aromatic amines is 1. The minimum atomic E-state index is -0.305. The van der Waals surface area contributed by atoms with Crippen molar-refractivity contribution in [3.8, 4) is 5.69 Å². The van der Waals surface area contributed by atoms with Gasteiger partial charge < -0.3 is 5.11 Å². The van der Waals surface area contributed by atoms with Crippen LogP contribution < -0.4 is 16.1 Å². The van der Waals surface area contributed by atoms with Gasteiger partial charge >= 0.3 is 0 Å². The van der Waals surface area contributed by atoms with E-state index in [2.05, 4.69) is 11.7 Å². The first-order valence-electron chi connectivity index (χ1n) is 5.26. The Morgan fingerprint density at radius 1 is 1.35 bits per heavy atom. The van der Waals surface area contributed by atoms with Crippen molar-refractivity contribution in [1.82, 2.24) is 9.78 Å². The van der Waals surface area contributed by atoms with Gasteiger partial charge in [0, 0.05) is 0 Å². The van der Waals surface area contributed by atoms with Crippen molar-refractivity contribution in [2.75, 3.05) is 0 Å². The van der Waals surface area contributed by atoms with Crippen molar-refractivity contribution in [3.05, 3.63) is 50.2 Å². The molecule has 4 nitrogen and oxygen atoms in total. The zero-order chi connectivity index (χ0) is 12.6. The molecule has 2 aromatic rings. The van der Waals surface area contributed by atoms with Gasteiger partial charge in [0.25, 0.3) is 5.56 Å². The van der Waals surface area contributed by atoms with Crippen LogP contribution in [0.1, 0.15) is 11.1 Å². The van der Waals surface area contributed by atoms with Gasteiger partial charge in [0.1, 0.15) is 5.22 Å². The number of hydrogen-bond acceptors (Lipinski definition) is 2. The lowest BCUT2D eigenvalue weighted by molar-refractivity contribution is 0.539. The van der Waals surface area contributed by atoms with Gasteiger partial charge in [0.05, 0.1) is 17.3 Å². The molecule has 17 heavy (non-hydrogen) atoms. The van der Waals surface area contributed by atoms with Crippen molar-refractivity contribution in [2.24, 2.45) is 0 Å². The summed E-state index contributed by atoms with van der Waals surface area (Å²) in [6.45, 7) is 7.66. The molecule has 0 fully saturated rings. The Morgan fingerprint density at radius 3 is 2.59 bits per heavy atom. The molecule has 0 aliphatic rings. The van der Waals surface area contributed by atoms with E-state index in [-0.39, 0.29) is 10.8 Å². The first-order chi connectivity index (χ1) is 8.04. The highest BCUT2D eigenvalue weighted by Gasteiger charge is 2.05. The van der Waals surface area contributed by atoms with E-state index in [1.165, 1.54) is 4.68 Å². The number of H-pyrrole nitrogens is 1. The van der Waals surface area contributed by atoms with E-state index in [4.69, 9.17) is 5.11 Å². The molecule has 0 radical (unpaired) electrons. The summed E-state index contributed by atoms with van der Waals surface area (Å²) in [5.41, 5.74) is 2.69. The number of aryl methyl sites for hydroxylation is 2. The van der Waals surface area contributed by atoms with Crippen LogP contribution in [0.3, 0.4) is 0 Å². The molecule has 0 amide bonds. The van der Waals surface area contributed by atoms with E-state index in [0.29, 0.717) is 5.35 Å². The van der Waals surface area contributed by atoms with Crippen LogP contribution in [0.2, 0.25) is 0 Å². The summed E-state index contributed by atoms with van der Waals surface area (Å²) in [7, 11) is 0. The SMILES string of the molecule is C=c1[nH]n(-c2ccc(C)c(C)c2)c(=O)c1=CO. The van der Waals surface area contributed by atoms with Gasteiger partial charge in [-0.05, 0) is 37.1 Å². The molecule has 0 spiro atoms. The molecule has 0 bridgehead atoms. The van der Waals surface area contributed by atoms with Gasteiger partial charge in [-0.1, -0.05) is 12.6 Å². The maximum atomic E-state index is 11.9. The van der Waals surface area contributed by atoms with Crippen molar-refractivity contribution >= 4 is 12.8 Å². The van der Waals surface area contributed by atoms with Gasteiger partial charge in [0.2, 0.25) is 0 Å². The summed E-state index contributed by atoms with van der Waals surface area (Å²) in [4.78, 5) is 11.9. The fourth-order valence-corrected chi connectivity index (χ4v) is 1.68. The third-order valence-corrected chi connectivity index (χ3v) is 2.88. The molecule has 0 atom stereocenters. The minimum absolute atomic E-state index is 0.184. The molecule has 1 heterocycles. The number of benzene rings is 1. The summed E-state index contributed by atoms with van der Waals surface area (Å²) in [5.74, 6) is 0. The number of nitrogens with zero attached hydrogens (tertiary/aromatic N) is 1. The lowest BCUT2D eigenvalue weighted by Crippen LogP contribution is -2.33. The maximum absolute atomic E-state index is 11.9. The second-order valence-corrected chi connectivity index (χ2v) is 4.04. The maximum Gasteiger partial charge on any atom is 0.282 e. The highest BCUT2D eigenvalue weighted by Crippen LogP contribution is 2.10. The summed E-state index contributed by atoms with van der Waals surface area (Å²) in [6, 6.07) is 5.71. The van der Waals surface area contributed by atoms with E-state index in [1.54, 1.807) is 0 Å². The van der Waals surface area contributed by atoms with Crippen LogP contribution >= 0.6 is 0 Å². The lowest BCUT2D eigenvalue weighted by atomic mass is 10.1. The Bertz CT molecular complexity index is 723. The molecule has 4 heteroatoms. The molecule has 0 unspecified atom stereocenters. The van der Waals surface area contributed by atoms with Crippen LogP contribution in [0.5, 0.6) is 0 Å². The highest BCUT2D eigenvalue weighted by molar-refractivity contribution is 5.39. The molecule has 0 aliphatic heterocycles. The van der Waals surface area contributed by atoms with Crippen LogP contribution in [0, 0.1) is 13.8 Å². The molecule has 0 saturated carbocycles. The molecular formula is C13H14N2O2. The van der Waals surface area contributed by atoms with Gasteiger partial charge in [-0.2, -0.15) is 0 Å². The van der Waals surface area contributed by atoms with E-state index in [1.807, 2.05) is 32.0 Å². The molecule has 2 rings (SSSR count). The van der Waals surface area contributed by atoms with Crippen LogP contribution in [0.15, 0.2) is 23.0 Å². The quantitative estimate of drug-likeness (QED) is 0.749. The Balaban J connectivity index is 2.74. The molecule has 1 aromatic heterocycles. The fraction of sp³-hybridized carbons (Fsp3) is 0.154. The predicted molar refractivity (Wildman–Crippen MR) is 67.7 cm³/mol. The Kier molecular flexibility index (Phi) is 2.63. The van der Waals surface area contributed by atoms with E-state index in [0.717, 1.165) is 23.1 Å². The number of hydrogen-bond donors (Lipinski definition) is 2. The first-order valence-corrected chi connectivity index (χ1v) is 5.26. The highest BCUT2D eigenvalue weighted by atomic mass is 16.2. The zero-order valence-corrected chi connectivity index (χ0v) is 9.82. The van der Waals surface area contributed by atoms with Crippen molar-refractivity contribution in [2.45, 2.75) is 13.8 Å². The van der Waals surface area contributed by atoms with Crippen molar-refractivity contribution < 1.29 is 5.11 Å². The number of nitrogens with one attached hydrogen (secondary N) is 1. The van der Waals surface area contributed by atoms with E-state index < -0.39 is 0 Å². The average molecular weight is 230 g/mol. The molecule has 88 valence electrons. The number of aliphatic hydroxyl groups is 1. The summed E-state index contributed by atoms with van der Waals surface area (Å²) < 4.78 is 1.37. The third-order valence-electron chi connectivity index (χ3n) is 2.88. The normalized spacial score (nSPS) is 12.0. The third kappa shape index (κ3) is 1.78. The zero-order valence-electron chi connectivity index (χ0n) is 9.82. The van der Waals surface area contributed by atoms with Gasteiger partial charge in [-0.3, -0.25) is 9.89 Å². The Labute approximate surface area is 98.1 Å². The molecule has 2 N–H and O–H groups in total. The second-order valence-electron chi connectivity index (χ2n) is 4.04. The lowest BCUT2D eigenvalue weighted by Gasteiger charge is -2.04. The summed E-state index contributed by atoms with van der Waals surface area (Å²) in [6.07, 6.45) is 0.777. The number of aliphatic hydroxyl groups excluding tert-OH is 1. The summed E-state index contributed by atoms with van der Waals surface area (Å²) >= 11 is 0. The van der Waals surface area contributed by atoms with Gasteiger partial charge in [-0.15, -0.1) is 0 Å². The number of aromatic nitrogens is 2. The molecule has 0 saturated heterocycles. The van der Waals surface area contributed by atoms with E-state index in [9.17, 15) is 4.79 Å². The van der Waals surface area contributed by atoms with Crippen LogP contribution in [0.25, 0.3) is 18.5 Å². The average Bonchev–Trinajstić information content (AvgIpc) is 2.58. The van der Waals surface area contributed by atoms with Crippen LogP contribution in [0.4, 0.5) is 0 Å². The summed E-state index contributed by atoms with van der Waals surface area (Å²) in [5, 5.41) is 12.4. The van der Waals surface area contributed by atoms with E-state index >= 15 is 0 Å². The van der Waals surface area contributed by atoms with Gasteiger partial charge in [-0.25, -0.2) is 4.68 Å². The van der Waals surface area contributed by atoms with Crippen molar-refractivity contribution in [1.29, 1.82) is 0 Å².